The molecule has 0 radical (unpaired) electrons. The summed E-state index contributed by atoms with van der Waals surface area (Å²) in [6.07, 6.45) is 0.810. The first-order valence-electron chi connectivity index (χ1n) is 11.4. The van der Waals surface area contributed by atoms with E-state index in [1.165, 1.54) is 17.3 Å². The van der Waals surface area contributed by atoms with Gasteiger partial charge in [-0.1, -0.05) is 66.7 Å². The topological polar surface area (TPSA) is 50.1 Å². The van der Waals surface area contributed by atoms with E-state index in [1.54, 1.807) is 6.07 Å². The van der Waals surface area contributed by atoms with Gasteiger partial charge in [-0.3, -0.25) is 4.90 Å². The number of benzene rings is 3. The second-order valence-electron chi connectivity index (χ2n) is 8.28. The van der Waals surface area contributed by atoms with Crippen LogP contribution in [0, 0.1) is 5.82 Å². The third kappa shape index (κ3) is 4.78. The van der Waals surface area contributed by atoms with E-state index in [9.17, 15) is 4.39 Å². The SMILES string of the molecule is Fc1ccccc1C(c1nnnn1CCc1ccccc1)N1CCN(c2ccccc2)CC1. The van der Waals surface area contributed by atoms with Crippen LogP contribution in [0.2, 0.25) is 0 Å². The summed E-state index contributed by atoms with van der Waals surface area (Å²) in [5, 5.41) is 12.6. The minimum Gasteiger partial charge on any atom is -0.369 e. The van der Waals surface area contributed by atoms with Crippen LogP contribution in [0.5, 0.6) is 0 Å². The fourth-order valence-electron chi connectivity index (χ4n) is 4.52. The first-order valence-corrected chi connectivity index (χ1v) is 11.4. The quantitative estimate of drug-likeness (QED) is 0.434. The van der Waals surface area contributed by atoms with Gasteiger partial charge in [0.05, 0.1) is 0 Å². The molecular weight excluding hydrogens is 415 g/mol. The van der Waals surface area contributed by atoms with Gasteiger partial charge in [-0.15, -0.1) is 5.10 Å². The van der Waals surface area contributed by atoms with Crippen molar-refractivity contribution in [3.05, 3.63) is 108 Å². The third-order valence-corrected chi connectivity index (χ3v) is 6.26. The van der Waals surface area contributed by atoms with Crippen molar-refractivity contribution in [2.75, 3.05) is 31.1 Å². The Morgan fingerprint density at radius 1 is 0.788 bits per heavy atom. The Labute approximate surface area is 193 Å². The minimum atomic E-state index is -0.338. The zero-order chi connectivity index (χ0) is 22.5. The van der Waals surface area contributed by atoms with E-state index in [1.807, 2.05) is 41.1 Å². The smallest absolute Gasteiger partial charge is 0.173 e. The van der Waals surface area contributed by atoms with Gasteiger partial charge in [0.15, 0.2) is 5.82 Å². The molecule has 0 N–H and O–H groups in total. The van der Waals surface area contributed by atoms with Gasteiger partial charge < -0.3 is 4.90 Å². The van der Waals surface area contributed by atoms with Crippen LogP contribution in [-0.2, 0) is 13.0 Å². The highest BCUT2D eigenvalue weighted by atomic mass is 19.1. The van der Waals surface area contributed by atoms with Gasteiger partial charge in [-0.25, -0.2) is 9.07 Å². The molecule has 0 amide bonds. The molecular formula is C26H27FN6. The van der Waals surface area contributed by atoms with Crippen molar-refractivity contribution in [1.82, 2.24) is 25.1 Å². The number of hydrogen-bond acceptors (Lipinski definition) is 5. The number of hydrogen-bond donors (Lipinski definition) is 0. The molecule has 1 aliphatic heterocycles. The summed E-state index contributed by atoms with van der Waals surface area (Å²) >= 11 is 0. The lowest BCUT2D eigenvalue weighted by Crippen LogP contribution is -2.48. The van der Waals surface area contributed by atoms with Crippen molar-refractivity contribution in [2.24, 2.45) is 0 Å². The largest absolute Gasteiger partial charge is 0.369 e. The maximum absolute atomic E-state index is 15.0. The third-order valence-electron chi connectivity index (χ3n) is 6.26. The Hall–Kier alpha value is -3.58. The molecule has 1 fully saturated rings. The molecule has 7 heteroatoms. The van der Waals surface area contributed by atoms with Crippen molar-refractivity contribution >= 4 is 5.69 Å². The highest BCUT2D eigenvalue weighted by Gasteiger charge is 2.32. The maximum Gasteiger partial charge on any atom is 0.173 e. The molecule has 6 nitrogen and oxygen atoms in total. The Morgan fingerprint density at radius 2 is 1.45 bits per heavy atom. The molecule has 1 aromatic heterocycles. The Morgan fingerprint density at radius 3 is 2.18 bits per heavy atom. The molecule has 5 rings (SSSR count). The fourth-order valence-corrected chi connectivity index (χ4v) is 4.52. The molecule has 1 saturated heterocycles. The van der Waals surface area contributed by atoms with Crippen LogP contribution in [-0.4, -0.2) is 51.3 Å². The number of aromatic nitrogens is 4. The molecule has 0 bridgehead atoms. The van der Waals surface area contributed by atoms with Gasteiger partial charge in [0.25, 0.3) is 0 Å². The number of nitrogens with zero attached hydrogens (tertiary/aromatic N) is 6. The van der Waals surface area contributed by atoms with Gasteiger partial charge in [-0.2, -0.15) is 0 Å². The number of piperazine rings is 1. The summed E-state index contributed by atoms with van der Waals surface area (Å²) in [6, 6.07) is 27.3. The fraction of sp³-hybridized carbons (Fsp3) is 0.269. The second-order valence-corrected chi connectivity index (χ2v) is 8.28. The standard InChI is InChI=1S/C26H27FN6/c27-24-14-8-7-13-23(24)25(32-19-17-31(18-20-32)22-11-5-2-6-12-22)26-28-29-30-33(26)16-15-21-9-3-1-4-10-21/h1-14,25H,15-20H2. The molecule has 33 heavy (non-hydrogen) atoms. The average Bonchev–Trinajstić information content (AvgIpc) is 3.34. The van der Waals surface area contributed by atoms with Gasteiger partial charge in [-0.05, 0) is 40.6 Å². The normalized spacial score (nSPS) is 15.5. The zero-order valence-electron chi connectivity index (χ0n) is 18.5. The molecule has 168 valence electrons. The first-order chi connectivity index (χ1) is 16.3. The van der Waals surface area contributed by atoms with Crippen LogP contribution >= 0.6 is 0 Å². The average molecular weight is 443 g/mol. The summed E-state index contributed by atoms with van der Waals surface area (Å²) in [5.41, 5.74) is 3.05. The van der Waals surface area contributed by atoms with Gasteiger partial charge in [0.1, 0.15) is 11.9 Å². The van der Waals surface area contributed by atoms with Crippen LogP contribution in [0.1, 0.15) is 23.0 Å². The lowest BCUT2D eigenvalue weighted by atomic mass is 10.0. The van der Waals surface area contributed by atoms with Gasteiger partial charge in [0, 0.05) is 44.0 Å². The molecule has 1 aliphatic rings. The van der Waals surface area contributed by atoms with Crippen molar-refractivity contribution in [1.29, 1.82) is 0 Å². The molecule has 0 saturated carbocycles. The Bertz CT molecular complexity index is 1160. The lowest BCUT2D eigenvalue weighted by molar-refractivity contribution is 0.197. The molecule has 0 spiro atoms. The highest BCUT2D eigenvalue weighted by Crippen LogP contribution is 2.30. The van der Waals surface area contributed by atoms with Crippen molar-refractivity contribution in [3.8, 4) is 0 Å². The lowest BCUT2D eigenvalue weighted by Gasteiger charge is -2.40. The summed E-state index contributed by atoms with van der Waals surface area (Å²) < 4.78 is 16.8. The molecule has 3 aromatic carbocycles. The molecule has 1 unspecified atom stereocenters. The van der Waals surface area contributed by atoms with Crippen molar-refractivity contribution in [3.63, 3.8) is 0 Å². The second kappa shape index (κ2) is 9.92. The van der Waals surface area contributed by atoms with Crippen LogP contribution in [0.15, 0.2) is 84.9 Å². The van der Waals surface area contributed by atoms with E-state index in [4.69, 9.17) is 0 Å². The van der Waals surface area contributed by atoms with Crippen LogP contribution in [0.4, 0.5) is 10.1 Å². The van der Waals surface area contributed by atoms with Crippen LogP contribution < -0.4 is 4.90 Å². The van der Waals surface area contributed by atoms with Gasteiger partial charge in [0.2, 0.25) is 0 Å². The summed E-state index contributed by atoms with van der Waals surface area (Å²) in [5.74, 6) is 0.454. The zero-order valence-corrected chi connectivity index (χ0v) is 18.5. The van der Waals surface area contributed by atoms with E-state index in [0.29, 0.717) is 17.9 Å². The first kappa shape index (κ1) is 21.3. The predicted molar refractivity (Wildman–Crippen MR) is 126 cm³/mol. The van der Waals surface area contributed by atoms with Crippen LogP contribution in [0.3, 0.4) is 0 Å². The molecule has 2 heterocycles. The monoisotopic (exact) mass is 442 g/mol. The minimum absolute atomic E-state index is 0.231. The number of tetrazole rings is 1. The van der Waals surface area contributed by atoms with E-state index in [2.05, 4.69) is 61.7 Å². The summed E-state index contributed by atoms with van der Waals surface area (Å²) in [4.78, 5) is 4.66. The number of rotatable bonds is 7. The van der Waals surface area contributed by atoms with Crippen LogP contribution in [0.25, 0.3) is 0 Å². The van der Waals surface area contributed by atoms with E-state index >= 15 is 0 Å². The maximum atomic E-state index is 15.0. The van der Waals surface area contributed by atoms with E-state index in [0.717, 1.165) is 32.6 Å². The Kier molecular flexibility index (Phi) is 6.39. The molecule has 0 aliphatic carbocycles. The molecule has 4 aromatic rings. The summed E-state index contributed by atoms with van der Waals surface area (Å²) in [6.45, 7) is 3.95. The van der Waals surface area contributed by atoms with E-state index < -0.39 is 0 Å². The van der Waals surface area contributed by atoms with Gasteiger partial charge >= 0.3 is 0 Å². The number of para-hydroxylation sites is 1. The molecule has 1 atom stereocenters. The number of anilines is 1. The highest BCUT2D eigenvalue weighted by molar-refractivity contribution is 5.46. The summed E-state index contributed by atoms with van der Waals surface area (Å²) in [7, 11) is 0. The van der Waals surface area contributed by atoms with Crippen molar-refractivity contribution < 1.29 is 4.39 Å². The number of halogens is 1. The van der Waals surface area contributed by atoms with E-state index in [-0.39, 0.29) is 11.9 Å². The number of aryl methyl sites for hydroxylation is 2. The predicted octanol–water partition coefficient (Wildman–Crippen LogP) is 3.97. The van der Waals surface area contributed by atoms with Crippen molar-refractivity contribution in [2.45, 2.75) is 19.0 Å². The Balaban J connectivity index is 1.40.